The van der Waals surface area contributed by atoms with Crippen LogP contribution in [0.25, 0.3) is 0 Å². The van der Waals surface area contributed by atoms with Gasteiger partial charge < -0.3 is 24.3 Å². The van der Waals surface area contributed by atoms with Crippen LogP contribution in [-0.2, 0) is 24.7 Å². The molecule has 0 aromatic heterocycles. The predicted octanol–water partition coefficient (Wildman–Crippen LogP) is 6.03. The summed E-state index contributed by atoms with van der Waals surface area (Å²) in [5, 5.41) is 2.98. The average Bonchev–Trinajstić information content (AvgIpc) is 3.00. The number of rotatable bonds is 17. The molecule has 7 heteroatoms. The van der Waals surface area contributed by atoms with Gasteiger partial charge in [-0.3, -0.25) is 9.59 Å². The van der Waals surface area contributed by atoms with Gasteiger partial charge in [0.1, 0.15) is 17.1 Å². The molecular weight excluding hydrogens is 506 g/mol. The molecular formula is C33H41NO6. The van der Waals surface area contributed by atoms with Gasteiger partial charge in [0.25, 0.3) is 0 Å². The molecule has 7 nitrogen and oxygen atoms in total. The maximum atomic E-state index is 12.5. The smallest absolute Gasteiger partial charge is 0.305 e. The number of ether oxygens (including phenoxy) is 4. The first kappa shape index (κ1) is 30.7. The fraction of sp³-hybridized carbons (Fsp3) is 0.394. The molecule has 40 heavy (non-hydrogen) atoms. The number of esters is 1. The van der Waals surface area contributed by atoms with Gasteiger partial charge in [-0.1, -0.05) is 61.0 Å². The zero-order valence-corrected chi connectivity index (χ0v) is 23.8. The lowest BCUT2D eigenvalue weighted by molar-refractivity contribution is -0.143. The van der Waals surface area contributed by atoms with Crippen molar-refractivity contribution >= 4 is 11.9 Å². The van der Waals surface area contributed by atoms with E-state index in [1.807, 2.05) is 66.7 Å². The topological polar surface area (TPSA) is 83.1 Å². The van der Waals surface area contributed by atoms with Gasteiger partial charge in [-0.05, 0) is 67.1 Å². The Balaban J connectivity index is 1.67. The van der Waals surface area contributed by atoms with E-state index in [0.29, 0.717) is 39.0 Å². The molecule has 0 fully saturated rings. The van der Waals surface area contributed by atoms with Gasteiger partial charge >= 0.3 is 5.97 Å². The minimum Gasteiger partial charge on any atom is -0.497 e. The van der Waals surface area contributed by atoms with Crippen LogP contribution in [0.15, 0.2) is 78.9 Å². The van der Waals surface area contributed by atoms with Crippen LogP contribution in [0.3, 0.4) is 0 Å². The Kier molecular flexibility index (Phi) is 12.5. The fourth-order valence-electron chi connectivity index (χ4n) is 4.65. The number of unbranched alkanes of at least 4 members (excludes halogenated alkanes) is 2. The lowest BCUT2D eigenvalue weighted by Gasteiger charge is -2.36. The van der Waals surface area contributed by atoms with Gasteiger partial charge in [0, 0.05) is 26.0 Å². The summed E-state index contributed by atoms with van der Waals surface area (Å²) in [5.41, 5.74) is 2.00. The number of benzene rings is 3. The van der Waals surface area contributed by atoms with Crippen LogP contribution < -0.4 is 14.8 Å². The summed E-state index contributed by atoms with van der Waals surface area (Å²) in [6.07, 6.45) is 3.80. The fourth-order valence-corrected chi connectivity index (χ4v) is 4.65. The minimum absolute atomic E-state index is 0.00630. The van der Waals surface area contributed by atoms with Gasteiger partial charge in [-0.25, -0.2) is 0 Å². The molecule has 0 aliphatic carbocycles. The van der Waals surface area contributed by atoms with E-state index in [1.54, 1.807) is 21.1 Å². The van der Waals surface area contributed by atoms with Crippen LogP contribution in [0.4, 0.5) is 0 Å². The molecule has 1 amide bonds. The molecule has 0 aliphatic rings. The lowest BCUT2D eigenvalue weighted by Crippen LogP contribution is -2.33. The highest BCUT2D eigenvalue weighted by Gasteiger charge is 2.37. The molecule has 0 aliphatic heterocycles. The van der Waals surface area contributed by atoms with Gasteiger partial charge in [0.05, 0.1) is 20.8 Å². The van der Waals surface area contributed by atoms with Crippen molar-refractivity contribution in [3.8, 4) is 11.5 Å². The van der Waals surface area contributed by atoms with Crippen molar-refractivity contribution in [2.75, 3.05) is 34.0 Å². The van der Waals surface area contributed by atoms with E-state index < -0.39 is 5.60 Å². The lowest BCUT2D eigenvalue weighted by atomic mass is 9.80. The summed E-state index contributed by atoms with van der Waals surface area (Å²) in [6.45, 7) is 3.18. The summed E-state index contributed by atoms with van der Waals surface area (Å²) in [5.74, 6) is 1.35. The Morgan fingerprint density at radius 1 is 0.700 bits per heavy atom. The summed E-state index contributed by atoms with van der Waals surface area (Å²) >= 11 is 0. The second-order valence-corrected chi connectivity index (χ2v) is 9.42. The number of hydrogen-bond acceptors (Lipinski definition) is 6. The third-order valence-corrected chi connectivity index (χ3v) is 6.73. The van der Waals surface area contributed by atoms with Gasteiger partial charge in [-0.15, -0.1) is 0 Å². The summed E-state index contributed by atoms with van der Waals surface area (Å²) in [4.78, 5) is 23.9. The molecule has 1 N–H and O–H groups in total. The zero-order valence-electron chi connectivity index (χ0n) is 23.8. The third-order valence-electron chi connectivity index (χ3n) is 6.73. The first-order chi connectivity index (χ1) is 19.5. The first-order valence-corrected chi connectivity index (χ1v) is 13.9. The van der Waals surface area contributed by atoms with Crippen molar-refractivity contribution in [1.82, 2.24) is 5.32 Å². The average molecular weight is 548 g/mol. The van der Waals surface area contributed by atoms with Crippen LogP contribution in [0.5, 0.6) is 11.5 Å². The molecule has 0 saturated heterocycles. The first-order valence-electron chi connectivity index (χ1n) is 13.9. The molecule has 214 valence electrons. The van der Waals surface area contributed by atoms with Gasteiger partial charge in [0.15, 0.2) is 0 Å². The summed E-state index contributed by atoms with van der Waals surface area (Å²) < 4.78 is 22.5. The standard InChI is InChI=1S/C33H41NO6/c1-4-39-32(36)15-9-6-10-24-34-31(35)14-11-25-40-33(26-12-7-5-8-13-26,27-16-20-29(37-2)21-17-27)28-18-22-30(38-3)23-19-28/h5,7-8,12-13,16-23H,4,6,9-11,14-15,24-25H2,1-3H3,(H,34,35). The molecule has 0 spiro atoms. The largest absolute Gasteiger partial charge is 0.497 e. The van der Waals surface area contributed by atoms with E-state index in [1.165, 1.54) is 0 Å². The van der Waals surface area contributed by atoms with Crippen molar-refractivity contribution in [3.05, 3.63) is 95.6 Å². The highest BCUT2D eigenvalue weighted by molar-refractivity contribution is 5.75. The van der Waals surface area contributed by atoms with E-state index in [-0.39, 0.29) is 11.9 Å². The Hall–Kier alpha value is -3.84. The third kappa shape index (κ3) is 8.58. The van der Waals surface area contributed by atoms with Crippen LogP contribution in [0, 0.1) is 0 Å². The van der Waals surface area contributed by atoms with Crippen molar-refractivity contribution in [1.29, 1.82) is 0 Å². The van der Waals surface area contributed by atoms with Crippen molar-refractivity contribution in [2.45, 2.75) is 51.0 Å². The highest BCUT2D eigenvalue weighted by atomic mass is 16.5. The molecule has 3 aromatic carbocycles. The maximum absolute atomic E-state index is 12.5. The molecule has 0 saturated carbocycles. The molecule has 0 heterocycles. The van der Waals surface area contributed by atoms with E-state index in [2.05, 4.69) is 17.4 Å². The molecule has 0 unspecified atom stereocenters. The Bertz CT molecular complexity index is 1110. The van der Waals surface area contributed by atoms with Crippen molar-refractivity contribution in [2.24, 2.45) is 0 Å². The number of hydrogen-bond donors (Lipinski definition) is 1. The molecule has 0 atom stereocenters. The minimum atomic E-state index is -0.894. The molecule has 0 radical (unpaired) electrons. The van der Waals surface area contributed by atoms with Crippen LogP contribution in [0.2, 0.25) is 0 Å². The Morgan fingerprint density at radius 3 is 1.82 bits per heavy atom. The summed E-state index contributed by atoms with van der Waals surface area (Å²) in [6, 6.07) is 25.9. The zero-order chi connectivity index (χ0) is 28.6. The normalized spacial score (nSPS) is 11.1. The number of nitrogens with one attached hydrogen (secondary N) is 1. The maximum Gasteiger partial charge on any atom is 0.305 e. The molecule has 0 bridgehead atoms. The van der Waals surface area contributed by atoms with Crippen LogP contribution >= 0.6 is 0 Å². The number of amides is 1. The van der Waals surface area contributed by atoms with Crippen LogP contribution in [-0.4, -0.2) is 45.9 Å². The predicted molar refractivity (Wildman–Crippen MR) is 156 cm³/mol. The van der Waals surface area contributed by atoms with Gasteiger partial charge in [-0.2, -0.15) is 0 Å². The van der Waals surface area contributed by atoms with E-state index in [9.17, 15) is 9.59 Å². The molecule has 3 rings (SSSR count). The Labute approximate surface area is 237 Å². The SMILES string of the molecule is CCOC(=O)CCCCCNC(=O)CCCOC(c1ccccc1)(c1ccc(OC)cc1)c1ccc(OC)cc1. The van der Waals surface area contributed by atoms with Crippen LogP contribution in [0.1, 0.15) is 62.1 Å². The van der Waals surface area contributed by atoms with E-state index in [0.717, 1.165) is 47.5 Å². The number of carbonyl (C=O) groups excluding carboxylic acids is 2. The monoisotopic (exact) mass is 547 g/mol. The summed E-state index contributed by atoms with van der Waals surface area (Å²) in [7, 11) is 3.29. The van der Waals surface area contributed by atoms with E-state index >= 15 is 0 Å². The number of carbonyl (C=O) groups is 2. The Morgan fingerprint density at radius 2 is 1.27 bits per heavy atom. The van der Waals surface area contributed by atoms with Crippen molar-refractivity contribution in [3.63, 3.8) is 0 Å². The second kappa shape index (κ2) is 16.3. The number of methoxy groups -OCH3 is 2. The molecule has 3 aromatic rings. The quantitative estimate of drug-likeness (QED) is 0.126. The van der Waals surface area contributed by atoms with E-state index in [4.69, 9.17) is 18.9 Å². The second-order valence-electron chi connectivity index (χ2n) is 9.42. The van der Waals surface area contributed by atoms with Crippen molar-refractivity contribution < 1.29 is 28.5 Å². The van der Waals surface area contributed by atoms with Gasteiger partial charge in [0.2, 0.25) is 5.91 Å². The highest BCUT2D eigenvalue weighted by Crippen LogP contribution is 2.41.